The molecule has 110 valence electrons. The van der Waals surface area contributed by atoms with E-state index in [9.17, 15) is 4.79 Å². The van der Waals surface area contributed by atoms with Crippen molar-refractivity contribution in [2.75, 3.05) is 20.7 Å². The molecular weight excluding hydrogens is 272 g/mol. The quantitative estimate of drug-likeness (QED) is 0.814. The second-order valence-corrected chi connectivity index (χ2v) is 5.57. The van der Waals surface area contributed by atoms with E-state index in [0.29, 0.717) is 19.5 Å². The SMILES string of the molecule is COC(C)CCC(=O)N(C)Cc1csc(C#CCN)c1. The molecule has 1 atom stereocenters. The third-order valence-electron chi connectivity index (χ3n) is 2.98. The van der Waals surface area contributed by atoms with Crippen LogP contribution in [0.4, 0.5) is 0 Å². The van der Waals surface area contributed by atoms with E-state index in [-0.39, 0.29) is 12.0 Å². The summed E-state index contributed by atoms with van der Waals surface area (Å²) in [4.78, 5) is 14.7. The maximum Gasteiger partial charge on any atom is 0.222 e. The van der Waals surface area contributed by atoms with Crippen molar-refractivity contribution in [1.29, 1.82) is 0 Å². The van der Waals surface area contributed by atoms with Gasteiger partial charge in [-0.15, -0.1) is 11.3 Å². The fourth-order valence-electron chi connectivity index (χ4n) is 1.66. The fraction of sp³-hybridized carbons (Fsp3) is 0.533. The van der Waals surface area contributed by atoms with E-state index >= 15 is 0 Å². The van der Waals surface area contributed by atoms with Gasteiger partial charge in [0.15, 0.2) is 0 Å². The highest BCUT2D eigenvalue weighted by Gasteiger charge is 2.11. The van der Waals surface area contributed by atoms with Gasteiger partial charge in [-0.25, -0.2) is 0 Å². The Bertz CT molecular complexity index is 488. The maximum absolute atomic E-state index is 12.0. The first-order chi connectivity index (χ1) is 9.56. The molecule has 0 aromatic carbocycles. The Hall–Kier alpha value is -1.35. The zero-order chi connectivity index (χ0) is 15.0. The van der Waals surface area contributed by atoms with Crippen molar-refractivity contribution in [2.45, 2.75) is 32.4 Å². The molecule has 1 amide bonds. The van der Waals surface area contributed by atoms with Gasteiger partial charge in [0.1, 0.15) is 0 Å². The number of nitrogens with two attached hydrogens (primary N) is 1. The van der Waals surface area contributed by atoms with Gasteiger partial charge in [-0.1, -0.05) is 11.8 Å². The lowest BCUT2D eigenvalue weighted by Crippen LogP contribution is -2.26. The van der Waals surface area contributed by atoms with Crippen LogP contribution in [0.25, 0.3) is 0 Å². The van der Waals surface area contributed by atoms with Gasteiger partial charge in [0.2, 0.25) is 5.91 Å². The number of hydrogen-bond donors (Lipinski definition) is 1. The smallest absolute Gasteiger partial charge is 0.222 e. The molecule has 0 aliphatic rings. The average molecular weight is 294 g/mol. The highest BCUT2D eigenvalue weighted by atomic mass is 32.1. The van der Waals surface area contributed by atoms with Crippen molar-refractivity contribution in [3.05, 3.63) is 21.9 Å². The van der Waals surface area contributed by atoms with Crippen LogP contribution in [0.1, 0.15) is 30.2 Å². The molecule has 1 aromatic rings. The Morgan fingerprint density at radius 2 is 2.35 bits per heavy atom. The highest BCUT2D eigenvalue weighted by molar-refractivity contribution is 7.10. The number of carbonyl (C=O) groups is 1. The van der Waals surface area contributed by atoms with Crippen LogP contribution in [-0.4, -0.2) is 37.6 Å². The lowest BCUT2D eigenvalue weighted by molar-refractivity contribution is -0.131. The highest BCUT2D eigenvalue weighted by Crippen LogP contribution is 2.15. The van der Waals surface area contributed by atoms with Crippen LogP contribution in [0.3, 0.4) is 0 Å². The molecule has 2 N–H and O–H groups in total. The number of carbonyl (C=O) groups excluding carboxylic acids is 1. The predicted octanol–water partition coefficient (Wildman–Crippen LogP) is 1.83. The van der Waals surface area contributed by atoms with Crippen molar-refractivity contribution in [3.63, 3.8) is 0 Å². The Morgan fingerprint density at radius 3 is 3.00 bits per heavy atom. The van der Waals surface area contributed by atoms with E-state index in [4.69, 9.17) is 10.5 Å². The Kier molecular flexibility index (Phi) is 7.31. The molecule has 5 heteroatoms. The molecule has 20 heavy (non-hydrogen) atoms. The number of ether oxygens (including phenoxy) is 1. The van der Waals surface area contributed by atoms with Gasteiger partial charge in [-0.05, 0) is 30.4 Å². The van der Waals surface area contributed by atoms with Gasteiger partial charge >= 0.3 is 0 Å². The first-order valence-corrected chi connectivity index (χ1v) is 7.48. The summed E-state index contributed by atoms with van der Waals surface area (Å²) >= 11 is 1.58. The molecule has 0 spiro atoms. The van der Waals surface area contributed by atoms with Gasteiger partial charge in [0.05, 0.1) is 17.5 Å². The minimum Gasteiger partial charge on any atom is -0.382 e. The van der Waals surface area contributed by atoms with E-state index < -0.39 is 0 Å². The first kappa shape index (κ1) is 16.7. The molecule has 0 radical (unpaired) electrons. The van der Waals surface area contributed by atoms with E-state index in [0.717, 1.165) is 16.9 Å². The van der Waals surface area contributed by atoms with E-state index in [1.807, 2.05) is 25.4 Å². The first-order valence-electron chi connectivity index (χ1n) is 6.60. The van der Waals surface area contributed by atoms with E-state index in [2.05, 4.69) is 11.8 Å². The third kappa shape index (κ3) is 5.74. The third-order valence-corrected chi connectivity index (χ3v) is 3.87. The molecular formula is C15H22N2O2S. The standard InChI is InChI=1S/C15H22N2O2S/c1-12(19-3)6-7-15(18)17(2)10-13-9-14(20-11-13)5-4-8-16/h9,11-12H,6-8,10,16H2,1-3H3. The molecule has 0 saturated heterocycles. The zero-order valence-corrected chi connectivity index (χ0v) is 13.1. The van der Waals surface area contributed by atoms with Crippen LogP contribution < -0.4 is 5.73 Å². The second-order valence-electron chi connectivity index (χ2n) is 4.66. The van der Waals surface area contributed by atoms with Crippen LogP contribution in [0.2, 0.25) is 0 Å². The monoisotopic (exact) mass is 294 g/mol. The molecule has 1 aromatic heterocycles. The van der Waals surface area contributed by atoms with Crippen molar-refractivity contribution < 1.29 is 9.53 Å². The summed E-state index contributed by atoms with van der Waals surface area (Å²) in [5.41, 5.74) is 6.44. The summed E-state index contributed by atoms with van der Waals surface area (Å²) in [5, 5.41) is 2.03. The second kappa shape index (κ2) is 8.75. The summed E-state index contributed by atoms with van der Waals surface area (Å²) in [6, 6.07) is 2.01. The van der Waals surface area contributed by atoms with E-state index in [1.54, 1.807) is 23.3 Å². The minimum absolute atomic E-state index is 0.117. The Morgan fingerprint density at radius 1 is 1.60 bits per heavy atom. The van der Waals surface area contributed by atoms with Gasteiger partial charge in [0, 0.05) is 27.1 Å². The molecule has 0 saturated carbocycles. The lowest BCUT2D eigenvalue weighted by atomic mass is 10.2. The van der Waals surface area contributed by atoms with Crippen molar-refractivity contribution >= 4 is 17.2 Å². The molecule has 0 aliphatic heterocycles. The summed E-state index contributed by atoms with van der Waals surface area (Å²) < 4.78 is 5.14. The summed E-state index contributed by atoms with van der Waals surface area (Å²) in [5.74, 6) is 5.96. The van der Waals surface area contributed by atoms with E-state index in [1.165, 1.54) is 0 Å². The number of amides is 1. The summed E-state index contributed by atoms with van der Waals surface area (Å²) in [6.45, 7) is 2.94. The van der Waals surface area contributed by atoms with Crippen molar-refractivity contribution in [2.24, 2.45) is 5.73 Å². The molecule has 0 aliphatic carbocycles. The number of rotatable bonds is 6. The molecule has 0 fully saturated rings. The Balaban J connectivity index is 2.46. The molecule has 1 heterocycles. The van der Waals surface area contributed by atoms with Gasteiger partial charge in [0.25, 0.3) is 0 Å². The predicted molar refractivity (Wildman–Crippen MR) is 82.4 cm³/mol. The maximum atomic E-state index is 12.0. The summed E-state index contributed by atoms with van der Waals surface area (Å²) in [6.07, 6.45) is 1.37. The normalized spacial score (nSPS) is 11.6. The average Bonchev–Trinajstić information content (AvgIpc) is 2.89. The van der Waals surface area contributed by atoms with Gasteiger partial charge in [-0.2, -0.15) is 0 Å². The molecule has 1 rings (SSSR count). The topological polar surface area (TPSA) is 55.6 Å². The zero-order valence-electron chi connectivity index (χ0n) is 12.3. The van der Waals surface area contributed by atoms with Crippen molar-refractivity contribution in [1.82, 2.24) is 4.90 Å². The number of hydrogen-bond acceptors (Lipinski definition) is 4. The van der Waals surface area contributed by atoms with Crippen LogP contribution in [-0.2, 0) is 16.1 Å². The number of thiophene rings is 1. The lowest BCUT2D eigenvalue weighted by Gasteiger charge is -2.17. The van der Waals surface area contributed by atoms with Crippen LogP contribution in [0, 0.1) is 11.8 Å². The van der Waals surface area contributed by atoms with Gasteiger partial charge in [-0.3, -0.25) is 4.79 Å². The minimum atomic E-state index is 0.117. The molecule has 4 nitrogen and oxygen atoms in total. The van der Waals surface area contributed by atoms with Crippen LogP contribution in [0.5, 0.6) is 0 Å². The van der Waals surface area contributed by atoms with Crippen molar-refractivity contribution in [3.8, 4) is 11.8 Å². The number of nitrogens with zero attached hydrogens (tertiary/aromatic N) is 1. The summed E-state index contributed by atoms with van der Waals surface area (Å²) in [7, 11) is 3.48. The molecule has 1 unspecified atom stereocenters. The van der Waals surface area contributed by atoms with Crippen LogP contribution in [0.15, 0.2) is 11.4 Å². The largest absolute Gasteiger partial charge is 0.382 e. The van der Waals surface area contributed by atoms with Crippen LogP contribution >= 0.6 is 11.3 Å². The Labute approximate surface area is 124 Å². The van der Waals surface area contributed by atoms with Gasteiger partial charge < -0.3 is 15.4 Å². The fourth-order valence-corrected chi connectivity index (χ4v) is 2.43. The molecule has 0 bridgehead atoms. The number of methoxy groups -OCH3 is 1.